The molecule has 4 nitrogen and oxygen atoms in total. The molecule has 1 N–H and O–H groups in total. The molecule has 1 saturated heterocycles. The number of nitrogens with one attached hydrogen (secondary N) is 1. The maximum atomic E-state index is 5.27. The van der Waals surface area contributed by atoms with E-state index in [4.69, 9.17) is 9.47 Å². The summed E-state index contributed by atoms with van der Waals surface area (Å²) >= 11 is 0. The van der Waals surface area contributed by atoms with E-state index in [2.05, 4.69) is 17.1 Å². The Labute approximate surface area is 118 Å². The van der Waals surface area contributed by atoms with Crippen LogP contribution in [0.1, 0.15) is 32.6 Å². The Morgan fingerprint density at radius 1 is 1.16 bits per heavy atom. The molecule has 114 valence electrons. The number of methoxy groups -OCH3 is 2. The third-order valence-electron chi connectivity index (χ3n) is 4.13. The van der Waals surface area contributed by atoms with E-state index in [1.54, 1.807) is 14.2 Å². The Morgan fingerprint density at radius 3 is 2.53 bits per heavy atom. The fraction of sp³-hybridized carbons (Fsp3) is 1.00. The average Bonchev–Trinajstić information content (AvgIpc) is 2.44. The fourth-order valence-electron chi connectivity index (χ4n) is 2.86. The van der Waals surface area contributed by atoms with Crippen molar-refractivity contribution in [1.29, 1.82) is 0 Å². The van der Waals surface area contributed by atoms with Crippen molar-refractivity contribution in [3.63, 3.8) is 0 Å². The molecule has 0 aliphatic carbocycles. The van der Waals surface area contributed by atoms with Crippen LogP contribution in [0.5, 0.6) is 0 Å². The largest absolute Gasteiger partial charge is 0.383 e. The smallest absolute Gasteiger partial charge is 0.0615 e. The van der Waals surface area contributed by atoms with Crippen LogP contribution in [0.25, 0.3) is 0 Å². The monoisotopic (exact) mass is 272 g/mol. The van der Waals surface area contributed by atoms with Crippen LogP contribution < -0.4 is 5.32 Å². The minimum Gasteiger partial charge on any atom is -0.383 e. The average molecular weight is 272 g/mol. The van der Waals surface area contributed by atoms with E-state index in [9.17, 15) is 0 Å². The Kier molecular flexibility index (Phi) is 9.43. The van der Waals surface area contributed by atoms with Crippen molar-refractivity contribution in [2.45, 2.75) is 38.6 Å². The molecule has 1 aliphatic heterocycles. The summed E-state index contributed by atoms with van der Waals surface area (Å²) in [7, 11) is 3.55. The highest BCUT2D eigenvalue weighted by Gasteiger charge is 2.16. The van der Waals surface area contributed by atoms with Crippen molar-refractivity contribution in [2.75, 3.05) is 53.6 Å². The van der Waals surface area contributed by atoms with E-state index in [1.165, 1.54) is 38.8 Å². The summed E-state index contributed by atoms with van der Waals surface area (Å²) in [5.41, 5.74) is 0. The Morgan fingerprint density at radius 2 is 1.89 bits per heavy atom. The Hall–Kier alpha value is -0.160. The summed E-state index contributed by atoms with van der Waals surface area (Å²) in [6, 6.07) is 0.480. The molecule has 0 bridgehead atoms. The van der Waals surface area contributed by atoms with Gasteiger partial charge < -0.3 is 14.8 Å². The lowest BCUT2D eigenvalue weighted by molar-refractivity contribution is 0.0729. The topological polar surface area (TPSA) is 33.7 Å². The molecule has 1 rings (SSSR count). The first kappa shape index (κ1) is 16.9. The summed E-state index contributed by atoms with van der Waals surface area (Å²) in [6.45, 7) is 8.43. The molecule has 0 aromatic rings. The van der Waals surface area contributed by atoms with Crippen molar-refractivity contribution in [1.82, 2.24) is 10.2 Å². The zero-order chi connectivity index (χ0) is 13.9. The zero-order valence-corrected chi connectivity index (χ0v) is 13.0. The summed E-state index contributed by atoms with van der Waals surface area (Å²) in [5, 5.41) is 3.43. The number of piperidine rings is 1. The van der Waals surface area contributed by atoms with Crippen molar-refractivity contribution in [2.24, 2.45) is 5.92 Å². The summed E-state index contributed by atoms with van der Waals surface area (Å²) in [4.78, 5) is 2.49. The minimum atomic E-state index is 0.480. The molecule has 4 heteroatoms. The highest BCUT2D eigenvalue weighted by molar-refractivity contribution is 4.71. The Bertz CT molecular complexity index is 208. The first-order valence-corrected chi connectivity index (χ1v) is 7.70. The molecule has 1 heterocycles. The SMILES string of the molecule is COCCN(CCCC1CCNCC1)C(C)COC. The van der Waals surface area contributed by atoms with Crippen molar-refractivity contribution >= 4 is 0 Å². The van der Waals surface area contributed by atoms with Crippen molar-refractivity contribution in [3.8, 4) is 0 Å². The summed E-state index contributed by atoms with van der Waals surface area (Å²) in [6.07, 6.45) is 5.37. The molecule has 0 amide bonds. The third-order valence-corrected chi connectivity index (χ3v) is 4.13. The molecule has 1 aliphatic rings. The molecule has 0 aromatic heterocycles. The van der Waals surface area contributed by atoms with Crippen LogP contribution in [0.4, 0.5) is 0 Å². The van der Waals surface area contributed by atoms with Gasteiger partial charge in [-0.25, -0.2) is 0 Å². The molecule has 0 aromatic carbocycles. The van der Waals surface area contributed by atoms with Crippen LogP contribution >= 0.6 is 0 Å². The minimum absolute atomic E-state index is 0.480. The van der Waals surface area contributed by atoms with E-state index in [1.807, 2.05) is 0 Å². The Balaban J connectivity index is 2.22. The van der Waals surface area contributed by atoms with Crippen LogP contribution in [0, 0.1) is 5.92 Å². The highest BCUT2D eigenvalue weighted by Crippen LogP contribution is 2.18. The molecule has 19 heavy (non-hydrogen) atoms. The van der Waals surface area contributed by atoms with Crippen LogP contribution in [0.15, 0.2) is 0 Å². The van der Waals surface area contributed by atoms with Gasteiger partial charge in [-0.2, -0.15) is 0 Å². The van der Waals surface area contributed by atoms with Gasteiger partial charge in [-0.3, -0.25) is 4.90 Å². The van der Waals surface area contributed by atoms with Crippen LogP contribution in [-0.2, 0) is 9.47 Å². The molecule has 1 fully saturated rings. The molecule has 0 saturated carbocycles. The fourth-order valence-corrected chi connectivity index (χ4v) is 2.86. The number of ether oxygens (including phenoxy) is 2. The second kappa shape index (κ2) is 10.6. The lowest BCUT2D eigenvalue weighted by atomic mass is 9.93. The van der Waals surface area contributed by atoms with Gasteiger partial charge in [0.25, 0.3) is 0 Å². The van der Waals surface area contributed by atoms with Gasteiger partial charge in [0.1, 0.15) is 0 Å². The van der Waals surface area contributed by atoms with Crippen molar-refractivity contribution < 1.29 is 9.47 Å². The van der Waals surface area contributed by atoms with Crippen LogP contribution in [0.2, 0.25) is 0 Å². The molecular formula is C15H32N2O2. The molecule has 1 atom stereocenters. The number of hydrogen-bond donors (Lipinski definition) is 1. The van der Waals surface area contributed by atoms with E-state index >= 15 is 0 Å². The zero-order valence-electron chi connectivity index (χ0n) is 13.0. The second-order valence-corrected chi connectivity index (χ2v) is 5.67. The van der Waals surface area contributed by atoms with E-state index in [0.717, 1.165) is 32.2 Å². The number of rotatable bonds is 10. The lowest BCUT2D eigenvalue weighted by Gasteiger charge is -2.29. The highest BCUT2D eigenvalue weighted by atomic mass is 16.5. The van der Waals surface area contributed by atoms with Gasteiger partial charge in [0.05, 0.1) is 13.2 Å². The first-order chi connectivity index (χ1) is 9.27. The van der Waals surface area contributed by atoms with E-state index in [0.29, 0.717) is 6.04 Å². The van der Waals surface area contributed by atoms with Gasteiger partial charge in [0, 0.05) is 26.8 Å². The maximum Gasteiger partial charge on any atom is 0.0615 e. The van der Waals surface area contributed by atoms with Gasteiger partial charge >= 0.3 is 0 Å². The number of hydrogen-bond acceptors (Lipinski definition) is 4. The van der Waals surface area contributed by atoms with E-state index in [-0.39, 0.29) is 0 Å². The van der Waals surface area contributed by atoms with Gasteiger partial charge in [-0.05, 0) is 58.2 Å². The first-order valence-electron chi connectivity index (χ1n) is 7.70. The summed E-state index contributed by atoms with van der Waals surface area (Å²) < 4.78 is 10.5. The van der Waals surface area contributed by atoms with Crippen LogP contribution in [-0.4, -0.2) is 64.6 Å². The predicted molar refractivity (Wildman–Crippen MR) is 79.6 cm³/mol. The van der Waals surface area contributed by atoms with Gasteiger partial charge in [-0.1, -0.05) is 0 Å². The number of nitrogens with zero attached hydrogens (tertiary/aromatic N) is 1. The maximum absolute atomic E-state index is 5.27. The quantitative estimate of drug-likeness (QED) is 0.657. The normalized spacial score (nSPS) is 18.9. The van der Waals surface area contributed by atoms with E-state index < -0.39 is 0 Å². The van der Waals surface area contributed by atoms with Crippen molar-refractivity contribution in [3.05, 3.63) is 0 Å². The molecule has 1 unspecified atom stereocenters. The summed E-state index contributed by atoms with van der Waals surface area (Å²) in [5.74, 6) is 0.934. The predicted octanol–water partition coefficient (Wildman–Crippen LogP) is 1.75. The van der Waals surface area contributed by atoms with Crippen LogP contribution in [0.3, 0.4) is 0 Å². The lowest BCUT2D eigenvalue weighted by Crippen LogP contribution is -2.39. The van der Waals surface area contributed by atoms with Gasteiger partial charge in [-0.15, -0.1) is 0 Å². The van der Waals surface area contributed by atoms with Gasteiger partial charge in [0.2, 0.25) is 0 Å². The third kappa shape index (κ3) is 7.25. The standard InChI is InChI=1S/C15H32N2O2/c1-14(13-19-3)17(11-12-18-2)10-4-5-15-6-8-16-9-7-15/h14-16H,4-13H2,1-3H3. The molecular weight excluding hydrogens is 240 g/mol. The molecule has 0 spiro atoms. The van der Waals surface area contributed by atoms with Gasteiger partial charge in [0.15, 0.2) is 0 Å². The second-order valence-electron chi connectivity index (χ2n) is 5.67. The molecule has 0 radical (unpaired) electrons.